The van der Waals surface area contributed by atoms with E-state index in [9.17, 15) is 22.8 Å². The highest BCUT2D eigenvalue weighted by Crippen LogP contribution is 2.41. The number of ether oxygens (including phenoxy) is 2. The van der Waals surface area contributed by atoms with Crippen LogP contribution in [0.5, 0.6) is 17.4 Å². The zero-order valence-corrected chi connectivity index (χ0v) is 29.4. The summed E-state index contributed by atoms with van der Waals surface area (Å²) in [6.45, 7) is 9.75. The van der Waals surface area contributed by atoms with E-state index in [-0.39, 0.29) is 17.6 Å². The number of hydrogen-bond donors (Lipinski definition) is 0. The second-order valence-corrected chi connectivity index (χ2v) is 13.6. The number of fused-ring (bicyclic) bond motifs is 1. The fourth-order valence-corrected chi connectivity index (χ4v) is 6.59. The fourth-order valence-electron chi connectivity index (χ4n) is 6.59. The number of halogens is 3. The SMILES string of the molecule is CC(C)Oc1ccc(CN2CCN(C(=O)C3(C)Cc4cc(Oc5ccc(N(C)C(=O)c6ccc(C(F)(F)F)cc6)cn5)ccc4N3C)CC2)cc1. The summed E-state index contributed by atoms with van der Waals surface area (Å²) < 4.78 is 50.5. The van der Waals surface area contributed by atoms with Crippen LogP contribution in [-0.4, -0.2) is 78.5 Å². The highest BCUT2D eigenvalue weighted by molar-refractivity contribution is 6.05. The van der Waals surface area contributed by atoms with Gasteiger partial charge in [-0.25, -0.2) is 4.98 Å². The van der Waals surface area contributed by atoms with Gasteiger partial charge in [-0.3, -0.25) is 14.5 Å². The molecule has 4 aromatic rings. The number of amides is 2. The maximum Gasteiger partial charge on any atom is 0.416 e. The Bertz CT molecular complexity index is 1860. The van der Waals surface area contributed by atoms with Crippen LogP contribution in [0.1, 0.15) is 47.8 Å². The average molecular weight is 702 g/mol. The standard InChI is InChI=1S/C39H42F3N5O4/c1-26(2)50-32-13-6-27(7-14-32)25-46-18-20-47(21-19-46)37(49)38(3)23-29-22-33(15-16-34(29)45(38)5)51-35-17-12-31(24-43-35)44(4)36(48)28-8-10-30(11-9-28)39(40,41)42/h6-17,22,24,26H,18-21,23,25H2,1-5H3. The minimum absolute atomic E-state index is 0.103. The lowest BCUT2D eigenvalue weighted by Crippen LogP contribution is -2.59. The molecule has 0 radical (unpaired) electrons. The summed E-state index contributed by atoms with van der Waals surface area (Å²) in [6, 6.07) is 21.3. The van der Waals surface area contributed by atoms with Gasteiger partial charge in [-0.05, 0) is 92.6 Å². The van der Waals surface area contributed by atoms with Gasteiger partial charge in [0.15, 0.2) is 0 Å². The zero-order chi connectivity index (χ0) is 36.5. The summed E-state index contributed by atoms with van der Waals surface area (Å²) in [5.74, 6) is 1.36. The second-order valence-electron chi connectivity index (χ2n) is 13.6. The minimum atomic E-state index is -4.48. The Morgan fingerprint density at radius 2 is 1.59 bits per heavy atom. The van der Waals surface area contributed by atoms with E-state index in [2.05, 4.69) is 26.9 Å². The van der Waals surface area contributed by atoms with E-state index in [0.29, 0.717) is 36.8 Å². The number of carbonyl (C=O) groups excluding carboxylic acids is 2. The van der Waals surface area contributed by atoms with Crippen LogP contribution in [-0.2, 0) is 23.9 Å². The van der Waals surface area contributed by atoms with Gasteiger partial charge in [0.2, 0.25) is 11.8 Å². The van der Waals surface area contributed by atoms with E-state index in [1.165, 1.54) is 23.7 Å². The molecule has 0 spiro atoms. The lowest BCUT2D eigenvalue weighted by atomic mass is 9.94. The van der Waals surface area contributed by atoms with Gasteiger partial charge in [0.1, 0.15) is 17.0 Å². The quantitative estimate of drug-likeness (QED) is 0.185. The first-order valence-corrected chi connectivity index (χ1v) is 16.9. The number of pyridine rings is 1. The number of nitrogens with zero attached hydrogens (tertiary/aromatic N) is 5. The normalized spacial score (nSPS) is 17.7. The van der Waals surface area contributed by atoms with Crippen LogP contribution in [0.4, 0.5) is 24.5 Å². The van der Waals surface area contributed by atoms with Gasteiger partial charge in [0.25, 0.3) is 5.91 Å². The van der Waals surface area contributed by atoms with Gasteiger partial charge in [0, 0.05) is 70.6 Å². The molecule has 1 unspecified atom stereocenters. The average Bonchev–Trinajstić information content (AvgIpc) is 3.37. The number of anilines is 2. The minimum Gasteiger partial charge on any atom is -0.491 e. The molecule has 51 heavy (non-hydrogen) atoms. The van der Waals surface area contributed by atoms with E-state index in [1.54, 1.807) is 12.1 Å². The van der Waals surface area contributed by atoms with Crippen LogP contribution in [0.2, 0.25) is 0 Å². The molecule has 12 heteroatoms. The van der Waals surface area contributed by atoms with Crippen molar-refractivity contribution in [3.63, 3.8) is 0 Å². The molecule has 0 aliphatic carbocycles. The number of alkyl halides is 3. The molecule has 6 rings (SSSR count). The van der Waals surface area contributed by atoms with Crippen molar-refractivity contribution >= 4 is 23.2 Å². The Hall–Kier alpha value is -5.10. The summed E-state index contributed by atoms with van der Waals surface area (Å²) in [6.07, 6.45) is -2.35. The third-order valence-corrected chi connectivity index (χ3v) is 9.60. The van der Waals surface area contributed by atoms with Gasteiger partial charge >= 0.3 is 6.18 Å². The third kappa shape index (κ3) is 7.80. The van der Waals surface area contributed by atoms with Gasteiger partial charge in [-0.2, -0.15) is 13.2 Å². The molecule has 3 aromatic carbocycles. The van der Waals surface area contributed by atoms with Crippen molar-refractivity contribution in [1.82, 2.24) is 14.8 Å². The highest BCUT2D eigenvalue weighted by atomic mass is 19.4. The van der Waals surface area contributed by atoms with E-state index in [1.807, 2.05) is 63.1 Å². The van der Waals surface area contributed by atoms with Crippen LogP contribution in [0.3, 0.4) is 0 Å². The number of carbonyl (C=O) groups is 2. The highest BCUT2D eigenvalue weighted by Gasteiger charge is 2.46. The molecule has 268 valence electrons. The number of likely N-dealkylation sites (N-methyl/N-ethyl adjacent to an activating group) is 1. The predicted molar refractivity (Wildman–Crippen MR) is 190 cm³/mol. The first-order valence-electron chi connectivity index (χ1n) is 16.9. The number of hydrogen-bond acceptors (Lipinski definition) is 7. The lowest BCUT2D eigenvalue weighted by molar-refractivity contribution is -0.138. The Morgan fingerprint density at radius 3 is 2.20 bits per heavy atom. The second kappa shape index (κ2) is 14.3. The molecular weight excluding hydrogens is 659 g/mol. The maximum absolute atomic E-state index is 14.0. The first kappa shape index (κ1) is 35.7. The van der Waals surface area contributed by atoms with E-state index >= 15 is 0 Å². The smallest absolute Gasteiger partial charge is 0.416 e. The van der Waals surface area contributed by atoms with Crippen LogP contribution in [0.25, 0.3) is 0 Å². The van der Waals surface area contributed by atoms with Crippen LogP contribution in [0, 0.1) is 0 Å². The lowest BCUT2D eigenvalue weighted by Gasteiger charge is -2.41. The Morgan fingerprint density at radius 1 is 0.922 bits per heavy atom. The van der Waals surface area contributed by atoms with Crippen molar-refractivity contribution in [1.29, 1.82) is 0 Å². The summed E-state index contributed by atoms with van der Waals surface area (Å²) in [5.41, 5.74) is 2.19. The predicted octanol–water partition coefficient (Wildman–Crippen LogP) is 7.05. The molecule has 3 heterocycles. The maximum atomic E-state index is 14.0. The summed E-state index contributed by atoms with van der Waals surface area (Å²) in [7, 11) is 3.48. The number of rotatable bonds is 9. The zero-order valence-electron chi connectivity index (χ0n) is 29.4. The summed E-state index contributed by atoms with van der Waals surface area (Å²) in [5, 5.41) is 0. The molecule has 0 bridgehead atoms. The number of aromatic nitrogens is 1. The van der Waals surface area contributed by atoms with E-state index in [0.717, 1.165) is 60.9 Å². The first-order chi connectivity index (χ1) is 24.2. The van der Waals surface area contributed by atoms with Crippen molar-refractivity contribution in [2.45, 2.75) is 51.6 Å². The molecule has 1 saturated heterocycles. The Labute approximate surface area is 296 Å². The number of benzene rings is 3. The van der Waals surface area contributed by atoms with Crippen molar-refractivity contribution in [3.05, 3.63) is 107 Å². The van der Waals surface area contributed by atoms with E-state index < -0.39 is 23.2 Å². The van der Waals surface area contributed by atoms with Crippen molar-refractivity contribution in [3.8, 4) is 17.4 Å². The molecule has 2 aliphatic rings. The van der Waals surface area contributed by atoms with Gasteiger partial charge in [0.05, 0.1) is 23.6 Å². The molecule has 1 fully saturated rings. The Kier molecular flexibility index (Phi) is 9.99. The van der Waals surface area contributed by atoms with Crippen molar-refractivity contribution < 1.29 is 32.2 Å². The molecule has 1 aromatic heterocycles. The number of piperazine rings is 1. The van der Waals surface area contributed by atoms with Crippen LogP contribution < -0.4 is 19.3 Å². The van der Waals surface area contributed by atoms with Crippen molar-refractivity contribution in [2.75, 3.05) is 50.1 Å². The molecular formula is C39H42F3N5O4. The van der Waals surface area contributed by atoms with Crippen LogP contribution >= 0.6 is 0 Å². The largest absolute Gasteiger partial charge is 0.491 e. The van der Waals surface area contributed by atoms with Crippen molar-refractivity contribution in [2.24, 2.45) is 0 Å². The van der Waals surface area contributed by atoms with Gasteiger partial charge < -0.3 is 24.2 Å². The van der Waals surface area contributed by atoms with Crippen LogP contribution in [0.15, 0.2) is 85.1 Å². The monoisotopic (exact) mass is 701 g/mol. The molecule has 1 atom stereocenters. The Balaban J connectivity index is 1.04. The molecule has 2 amide bonds. The van der Waals surface area contributed by atoms with Gasteiger partial charge in [-0.1, -0.05) is 12.1 Å². The summed E-state index contributed by atoms with van der Waals surface area (Å²) >= 11 is 0. The molecule has 0 N–H and O–H groups in total. The third-order valence-electron chi connectivity index (χ3n) is 9.60. The topological polar surface area (TPSA) is 78.5 Å². The summed E-state index contributed by atoms with van der Waals surface area (Å²) in [4.78, 5) is 38.9. The molecule has 2 aliphatic heterocycles. The van der Waals surface area contributed by atoms with E-state index in [4.69, 9.17) is 9.47 Å². The molecule has 0 saturated carbocycles. The van der Waals surface area contributed by atoms with Gasteiger partial charge in [-0.15, -0.1) is 0 Å². The fraction of sp³-hybridized carbons (Fsp3) is 0.359. The molecule has 9 nitrogen and oxygen atoms in total.